The molecule has 13 heteroatoms. The Morgan fingerprint density at radius 2 is 1.70 bits per heavy atom. The maximum atomic E-state index is 12.3. The van der Waals surface area contributed by atoms with Crippen LogP contribution in [0.5, 0.6) is 5.75 Å². The molecule has 1 heterocycles. The van der Waals surface area contributed by atoms with Gasteiger partial charge in [0.15, 0.2) is 0 Å². The molecule has 0 aliphatic carbocycles. The quantitative estimate of drug-likeness (QED) is 0.326. The van der Waals surface area contributed by atoms with Crippen molar-refractivity contribution in [2.45, 2.75) is 33.2 Å². The van der Waals surface area contributed by atoms with Crippen molar-refractivity contribution in [1.82, 2.24) is 10.5 Å². The molecule has 2 aromatic carbocycles. The second-order valence-corrected chi connectivity index (χ2v) is 8.29. The number of aryl methyl sites for hydroxylation is 1. The molecule has 4 N–H and O–H groups in total. The zero-order valence-corrected chi connectivity index (χ0v) is 19.8. The van der Waals surface area contributed by atoms with Crippen LogP contribution in [0.1, 0.15) is 30.0 Å². The van der Waals surface area contributed by atoms with Crippen molar-refractivity contribution >= 4 is 29.3 Å². The summed E-state index contributed by atoms with van der Waals surface area (Å²) in [6.07, 6.45) is -4.82. The minimum atomic E-state index is -4.82. The van der Waals surface area contributed by atoms with Crippen LogP contribution in [0, 0.1) is 12.8 Å². The van der Waals surface area contributed by atoms with Crippen molar-refractivity contribution < 1.29 is 41.9 Å². The normalized spacial score (nSPS) is 12.1. The number of carboxylic acid groups (broad SMARTS) is 1. The summed E-state index contributed by atoms with van der Waals surface area (Å²) in [6, 6.07) is 9.51. The minimum absolute atomic E-state index is 0.162. The van der Waals surface area contributed by atoms with Crippen LogP contribution in [0.2, 0.25) is 0 Å². The molecule has 3 rings (SSSR count). The second kappa shape index (κ2) is 11.0. The van der Waals surface area contributed by atoms with E-state index in [1.165, 1.54) is 19.1 Å². The molecule has 1 unspecified atom stereocenters. The predicted octanol–water partition coefficient (Wildman–Crippen LogP) is 5.03. The highest BCUT2D eigenvalue weighted by Gasteiger charge is 2.31. The summed E-state index contributed by atoms with van der Waals surface area (Å²) >= 11 is 0. The number of nitrogens with zero attached hydrogens (tertiary/aromatic N) is 1. The number of anilines is 2. The fourth-order valence-corrected chi connectivity index (χ4v) is 3.23. The zero-order valence-electron chi connectivity index (χ0n) is 19.8. The van der Waals surface area contributed by atoms with Crippen LogP contribution in [0.15, 0.2) is 53.1 Å². The molecule has 1 aromatic heterocycles. The number of ether oxygens (including phenoxy) is 1. The van der Waals surface area contributed by atoms with Crippen molar-refractivity contribution in [2.75, 3.05) is 10.6 Å². The van der Waals surface area contributed by atoms with Crippen LogP contribution in [-0.2, 0) is 4.79 Å². The van der Waals surface area contributed by atoms with Gasteiger partial charge in [-0.3, -0.25) is 4.79 Å². The number of hydrogen-bond acceptors (Lipinski definition) is 6. The molecule has 0 bridgehead atoms. The molecule has 3 amide bonds. The Morgan fingerprint density at radius 3 is 2.27 bits per heavy atom. The van der Waals surface area contributed by atoms with Gasteiger partial charge in [-0.05, 0) is 48.7 Å². The minimum Gasteiger partial charge on any atom is -0.480 e. The highest BCUT2D eigenvalue weighted by molar-refractivity contribution is 6.00. The molecule has 0 saturated heterocycles. The Balaban J connectivity index is 1.61. The third-order valence-electron chi connectivity index (χ3n) is 5.07. The number of aliphatic carboxylic acids is 1. The second-order valence-electron chi connectivity index (χ2n) is 8.29. The first-order chi connectivity index (χ1) is 17.3. The van der Waals surface area contributed by atoms with Crippen molar-refractivity contribution in [3.8, 4) is 17.0 Å². The molecule has 0 radical (unpaired) electrons. The Hall–Kier alpha value is -4.55. The molecule has 3 aromatic rings. The lowest BCUT2D eigenvalue weighted by molar-refractivity contribution is -0.274. The summed E-state index contributed by atoms with van der Waals surface area (Å²) < 4.78 is 45.9. The van der Waals surface area contributed by atoms with Crippen molar-refractivity contribution in [2.24, 2.45) is 5.92 Å². The van der Waals surface area contributed by atoms with Crippen LogP contribution in [-0.4, -0.2) is 40.6 Å². The highest BCUT2D eigenvalue weighted by atomic mass is 19.4. The SMILES string of the molecule is Cc1cc(OC(F)(F)F)ccc1NC(=O)Nc1ccc(-c2cc(C(=O)NC(C(=O)O)C(C)C)on2)cc1. The number of carbonyl (C=O) groups excluding carboxylic acids is 2. The Labute approximate surface area is 208 Å². The van der Waals surface area contributed by atoms with Gasteiger partial charge in [-0.15, -0.1) is 13.2 Å². The van der Waals surface area contributed by atoms with E-state index in [1.54, 1.807) is 38.1 Å². The molecule has 1 atom stereocenters. The van der Waals surface area contributed by atoms with E-state index in [1.807, 2.05) is 0 Å². The average molecular weight is 520 g/mol. The zero-order chi connectivity index (χ0) is 27.3. The number of carboxylic acids is 1. The Morgan fingerprint density at radius 1 is 1.03 bits per heavy atom. The van der Waals surface area contributed by atoms with Gasteiger partial charge in [0.2, 0.25) is 5.76 Å². The number of rotatable bonds is 8. The first-order valence-electron chi connectivity index (χ1n) is 10.9. The van der Waals surface area contributed by atoms with Gasteiger partial charge < -0.3 is 30.3 Å². The smallest absolute Gasteiger partial charge is 0.480 e. The van der Waals surface area contributed by atoms with E-state index in [0.717, 1.165) is 12.1 Å². The number of aromatic nitrogens is 1. The van der Waals surface area contributed by atoms with E-state index in [0.29, 0.717) is 28.2 Å². The van der Waals surface area contributed by atoms with E-state index in [-0.39, 0.29) is 11.7 Å². The lowest BCUT2D eigenvalue weighted by atomic mass is 10.0. The highest BCUT2D eigenvalue weighted by Crippen LogP contribution is 2.27. The van der Waals surface area contributed by atoms with Crippen LogP contribution < -0.4 is 20.7 Å². The van der Waals surface area contributed by atoms with Crippen LogP contribution >= 0.6 is 0 Å². The predicted molar refractivity (Wildman–Crippen MR) is 126 cm³/mol. The molecular formula is C24H23F3N4O6. The number of benzene rings is 2. The standard InChI is InChI=1S/C24H23F3N4O6/c1-12(2)20(22(33)34)30-21(32)19-11-18(31-37-19)14-4-6-15(7-5-14)28-23(35)29-17-9-8-16(10-13(17)3)36-24(25,26)27/h4-12,20H,1-3H3,(H,30,32)(H,33,34)(H2,28,29,35). The number of amides is 3. The van der Waals surface area contributed by atoms with Crippen LogP contribution in [0.3, 0.4) is 0 Å². The molecule has 0 spiro atoms. The van der Waals surface area contributed by atoms with Gasteiger partial charge in [0.05, 0.1) is 0 Å². The first-order valence-corrected chi connectivity index (χ1v) is 10.9. The fraction of sp³-hybridized carbons (Fsp3) is 0.250. The lowest BCUT2D eigenvalue weighted by Gasteiger charge is -2.16. The molecule has 0 saturated carbocycles. The number of alkyl halides is 3. The van der Waals surface area contributed by atoms with Gasteiger partial charge in [0.1, 0.15) is 17.5 Å². The first kappa shape index (κ1) is 27.0. The van der Waals surface area contributed by atoms with E-state index < -0.39 is 36.1 Å². The Kier molecular flexibility index (Phi) is 8.05. The molecule has 10 nitrogen and oxygen atoms in total. The monoisotopic (exact) mass is 520 g/mol. The molecule has 37 heavy (non-hydrogen) atoms. The van der Waals surface area contributed by atoms with Crippen LogP contribution in [0.4, 0.5) is 29.3 Å². The van der Waals surface area contributed by atoms with E-state index in [9.17, 15) is 32.7 Å². The van der Waals surface area contributed by atoms with Gasteiger partial charge in [-0.25, -0.2) is 9.59 Å². The van der Waals surface area contributed by atoms with Gasteiger partial charge in [0, 0.05) is 23.0 Å². The largest absolute Gasteiger partial charge is 0.573 e. The number of nitrogens with one attached hydrogen (secondary N) is 3. The number of halogens is 3. The summed E-state index contributed by atoms with van der Waals surface area (Å²) in [5.74, 6) is -2.79. The molecule has 0 aliphatic heterocycles. The summed E-state index contributed by atoms with van der Waals surface area (Å²) in [5.41, 5.74) is 1.93. The molecule has 196 valence electrons. The molecule has 0 fully saturated rings. The van der Waals surface area contributed by atoms with Gasteiger partial charge in [-0.2, -0.15) is 0 Å². The van der Waals surface area contributed by atoms with Crippen molar-refractivity contribution in [1.29, 1.82) is 0 Å². The summed E-state index contributed by atoms with van der Waals surface area (Å²) in [6.45, 7) is 4.83. The third kappa shape index (κ3) is 7.46. The summed E-state index contributed by atoms with van der Waals surface area (Å²) in [5, 5.41) is 20.6. The van der Waals surface area contributed by atoms with Gasteiger partial charge >= 0.3 is 18.4 Å². The van der Waals surface area contributed by atoms with Crippen molar-refractivity contribution in [3.63, 3.8) is 0 Å². The number of carbonyl (C=O) groups is 3. The summed E-state index contributed by atoms with van der Waals surface area (Å²) in [7, 11) is 0. The van der Waals surface area contributed by atoms with E-state index in [2.05, 4.69) is 25.8 Å². The topological polar surface area (TPSA) is 143 Å². The number of hydrogen-bond donors (Lipinski definition) is 4. The lowest BCUT2D eigenvalue weighted by Crippen LogP contribution is -2.44. The maximum Gasteiger partial charge on any atom is 0.573 e. The van der Waals surface area contributed by atoms with E-state index in [4.69, 9.17) is 4.52 Å². The van der Waals surface area contributed by atoms with Gasteiger partial charge in [-0.1, -0.05) is 31.1 Å². The third-order valence-corrected chi connectivity index (χ3v) is 5.07. The molecular weight excluding hydrogens is 497 g/mol. The van der Waals surface area contributed by atoms with Gasteiger partial charge in [0.25, 0.3) is 5.91 Å². The number of urea groups is 1. The summed E-state index contributed by atoms with van der Waals surface area (Å²) in [4.78, 5) is 35.9. The average Bonchev–Trinajstić information content (AvgIpc) is 3.28. The Bertz CT molecular complexity index is 1290. The molecule has 0 aliphatic rings. The fourth-order valence-electron chi connectivity index (χ4n) is 3.23. The maximum absolute atomic E-state index is 12.3. The van der Waals surface area contributed by atoms with Crippen LogP contribution in [0.25, 0.3) is 11.3 Å². The van der Waals surface area contributed by atoms with Crippen molar-refractivity contribution in [3.05, 3.63) is 59.9 Å². The van der Waals surface area contributed by atoms with E-state index >= 15 is 0 Å².